The van der Waals surface area contributed by atoms with Gasteiger partial charge in [-0.1, -0.05) is 0 Å². The Kier molecular flexibility index (Phi) is 4.92. The van der Waals surface area contributed by atoms with Crippen LogP contribution in [0.1, 0.15) is 25.7 Å². The Labute approximate surface area is 142 Å². The highest BCUT2D eigenvalue weighted by Crippen LogP contribution is 2.47. The fraction of sp³-hybridized carbons (Fsp3) is 0.556. The molecule has 0 aromatic heterocycles. The van der Waals surface area contributed by atoms with Gasteiger partial charge in [-0.05, 0) is 49.9 Å². The van der Waals surface area contributed by atoms with Crippen LogP contribution in [-0.2, 0) is 9.59 Å². The lowest BCUT2D eigenvalue weighted by Crippen LogP contribution is -2.45. The molecule has 0 unspecified atom stereocenters. The van der Waals surface area contributed by atoms with Gasteiger partial charge in [-0.3, -0.25) is 9.59 Å². The molecule has 1 N–H and O–H groups in total. The summed E-state index contributed by atoms with van der Waals surface area (Å²) in [5.41, 5.74) is -0.801. The Bertz CT molecular complexity index is 590. The Balaban J connectivity index is 1.42. The molecule has 2 fully saturated rings. The number of amides is 2. The molecule has 24 heavy (non-hydrogen) atoms. The molecule has 6 heteroatoms. The van der Waals surface area contributed by atoms with Crippen molar-refractivity contribution < 1.29 is 19.1 Å². The predicted octanol–water partition coefficient (Wildman–Crippen LogP) is 1.59. The van der Waals surface area contributed by atoms with E-state index >= 15 is 0 Å². The zero-order valence-corrected chi connectivity index (χ0v) is 14.0. The molecule has 130 valence electrons. The van der Waals surface area contributed by atoms with Crippen molar-refractivity contribution in [2.75, 3.05) is 33.4 Å². The van der Waals surface area contributed by atoms with Gasteiger partial charge in [0.25, 0.3) is 0 Å². The highest BCUT2D eigenvalue weighted by atomic mass is 16.5. The van der Waals surface area contributed by atoms with E-state index in [9.17, 15) is 9.59 Å². The summed E-state index contributed by atoms with van der Waals surface area (Å²) in [6.45, 7) is 2.33. The van der Waals surface area contributed by atoms with Crippen LogP contribution in [0.5, 0.6) is 11.5 Å². The Morgan fingerprint density at radius 3 is 2.33 bits per heavy atom. The number of likely N-dealkylation sites (tertiary alicyclic amines) is 1. The highest BCUT2D eigenvalue weighted by molar-refractivity contribution is 6.07. The number of benzene rings is 1. The van der Waals surface area contributed by atoms with Crippen molar-refractivity contribution in [3.8, 4) is 11.5 Å². The van der Waals surface area contributed by atoms with Gasteiger partial charge in [-0.15, -0.1) is 0 Å². The summed E-state index contributed by atoms with van der Waals surface area (Å²) in [6.07, 6.45) is 3.40. The molecular weight excluding hydrogens is 308 g/mol. The second kappa shape index (κ2) is 7.11. The molecule has 0 spiro atoms. The second-order valence-electron chi connectivity index (χ2n) is 6.36. The van der Waals surface area contributed by atoms with Crippen LogP contribution >= 0.6 is 0 Å². The van der Waals surface area contributed by atoms with E-state index in [1.165, 1.54) is 0 Å². The number of carbonyl (C=O) groups excluding carboxylic acids is 2. The zero-order chi connectivity index (χ0) is 17.0. The predicted molar refractivity (Wildman–Crippen MR) is 89.0 cm³/mol. The topological polar surface area (TPSA) is 67.9 Å². The minimum Gasteiger partial charge on any atom is -0.497 e. The van der Waals surface area contributed by atoms with Crippen molar-refractivity contribution in [3.05, 3.63) is 24.3 Å². The average molecular weight is 332 g/mol. The van der Waals surface area contributed by atoms with Gasteiger partial charge in [0.15, 0.2) is 0 Å². The normalized spacial score (nSPS) is 18.1. The number of carbonyl (C=O) groups is 2. The van der Waals surface area contributed by atoms with Gasteiger partial charge in [0.1, 0.15) is 23.5 Å². The van der Waals surface area contributed by atoms with E-state index in [2.05, 4.69) is 5.32 Å². The fourth-order valence-electron chi connectivity index (χ4n) is 3.06. The lowest BCUT2D eigenvalue weighted by atomic mass is 10.0. The first-order valence-corrected chi connectivity index (χ1v) is 8.50. The Morgan fingerprint density at radius 1 is 1.12 bits per heavy atom. The van der Waals surface area contributed by atoms with Crippen molar-refractivity contribution >= 4 is 11.8 Å². The summed E-state index contributed by atoms with van der Waals surface area (Å²) in [7, 11) is 1.61. The zero-order valence-electron chi connectivity index (χ0n) is 14.0. The third kappa shape index (κ3) is 3.47. The monoisotopic (exact) mass is 332 g/mol. The van der Waals surface area contributed by atoms with Gasteiger partial charge in [0.05, 0.1) is 13.7 Å². The molecule has 1 aromatic carbocycles. The molecule has 0 atom stereocenters. The van der Waals surface area contributed by atoms with Crippen molar-refractivity contribution in [1.29, 1.82) is 0 Å². The summed E-state index contributed by atoms with van der Waals surface area (Å²) >= 11 is 0. The summed E-state index contributed by atoms with van der Waals surface area (Å²) in [5, 5.41) is 2.85. The van der Waals surface area contributed by atoms with Gasteiger partial charge in [-0.25, -0.2) is 0 Å². The number of nitrogens with zero attached hydrogens (tertiary/aromatic N) is 1. The van der Waals surface area contributed by atoms with Crippen molar-refractivity contribution in [1.82, 2.24) is 10.2 Å². The minimum absolute atomic E-state index is 0.00794. The maximum absolute atomic E-state index is 12.5. The first kappa shape index (κ1) is 16.6. The first-order valence-electron chi connectivity index (χ1n) is 8.50. The number of ether oxygens (including phenoxy) is 2. The first-order chi connectivity index (χ1) is 11.7. The van der Waals surface area contributed by atoms with E-state index in [1.807, 2.05) is 29.2 Å². The van der Waals surface area contributed by atoms with Crippen LogP contribution < -0.4 is 14.8 Å². The van der Waals surface area contributed by atoms with Crippen LogP contribution in [0.15, 0.2) is 24.3 Å². The minimum atomic E-state index is -0.801. The number of hydrogen-bond acceptors (Lipinski definition) is 4. The Hall–Kier alpha value is -2.24. The van der Waals surface area contributed by atoms with Gasteiger partial charge < -0.3 is 19.7 Å². The smallest absolute Gasteiger partial charge is 0.238 e. The van der Waals surface area contributed by atoms with Gasteiger partial charge in [0, 0.05) is 13.1 Å². The van der Waals surface area contributed by atoms with E-state index in [1.54, 1.807) is 7.11 Å². The largest absolute Gasteiger partial charge is 0.497 e. The average Bonchev–Trinajstić information content (AvgIpc) is 3.25. The van der Waals surface area contributed by atoms with Crippen LogP contribution in [-0.4, -0.2) is 50.1 Å². The van der Waals surface area contributed by atoms with Crippen LogP contribution in [0.25, 0.3) is 0 Å². The third-order valence-corrected chi connectivity index (χ3v) is 4.70. The molecule has 3 rings (SSSR count). The Morgan fingerprint density at radius 2 is 1.75 bits per heavy atom. The molecule has 2 aliphatic rings. The van der Waals surface area contributed by atoms with E-state index in [0.717, 1.165) is 37.4 Å². The number of nitrogens with one attached hydrogen (secondary N) is 1. The van der Waals surface area contributed by atoms with Crippen molar-refractivity contribution in [2.45, 2.75) is 25.7 Å². The maximum atomic E-state index is 12.5. The molecule has 2 amide bonds. The summed E-state index contributed by atoms with van der Waals surface area (Å²) < 4.78 is 10.7. The molecule has 0 bridgehead atoms. The van der Waals surface area contributed by atoms with E-state index < -0.39 is 5.41 Å². The van der Waals surface area contributed by atoms with Crippen molar-refractivity contribution in [2.24, 2.45) is 5.41 Å². The highest BCUT2D eigenvalue weighted by Gasteiger charge is 2.58. The van der Waals surface area contributed by atoms with E-state index in [4.69, 9.17) is 9.47 Å². The van der Waals surface area contributed by atoms with Gasteiger partial charge in [-0.2, -0.15) is 0 Å². The molecule has 0 radical (unpaired) electrons. The molecule has 1 aliphatic heterocycles. The standard InChI is InChI=1S/C18H24N2O4/c1-23-14-4-6-15(7-5-14)24-13-10-19-16(21)18(8-9-18)17(22)20-11-2-3-12-20/h4-7H,2-3,8-13H2,1H3,(H,19,21). The summed E-state index contributed by atoms with van der Waals surface area (Å²) in [5.74, 6) is 1.34. The maximum Gasteiger partial charge on any atom is 0.238 e. The fourth-order valence-corrected chi connectivity index (χ4v) is 3.06. The molecule has 1 saturated carbocycles. The van der Waals surface area contributed by atoms with Gasteiger partial charge >= 0.3 is 0 Å². The second-order valence-corrected chi connectivity index (χ2v) is 6.36. The van der Waals surface area contributed by atoms with Gasteiger partial charge in [0.2, 0.25) is 11.8 Å². The SMILES string of the molecule is COc1ccc(OCCNC(=O)C2(C(=O)N3CCCC3)CC2)cc1. The lowest BCUT2D eigenvalue weighted by Gasteiger charge is -2.22. The van der Waals surface area contributed by atoms with E-state index in [-0.39, 0.29) is 11.8 Å². The van der Waals surface area contributed by atoms with Crippen LogP contribution in [0.4, 0.5) is 0 Å². The van der Waals surface area contributed by atoms with Crippen LogP contribution in [0.3, 0.4) is 0 Å². The third-order valence-electron chi connectivity index (χ3n) is 4.70. The molecule has 1 heterocycles. The summed E-state index contributed by atoms with van der Waals surface area (Å²) in [6, 6.07) is 7.28. The van der Waals surface area contributed by atoms with E-state index in [0.29, 0.717) is 26.0 Å². The summed E-state index contributed by atoms with van der Waals surface area (Å²) in [4.78, 5) is 26.7. The lowest BCUT2D eigenvalue weighted by molar-refractivity contribution is -0.143. The molecular formula is C18H24N2O4. The van der Waals surface area contributed by atoms with Crippen LogP contribution in [0.2, 0.25) is 0 Å². The molecule has 1 saturated heterocycles. The molecule has 1 aliphatic carbocycles. The number of hydrogen-bond donors (Lipinski definition) is 1. The van der Waals surface area contributed by atoms with Crippen LogP contribution in [0, 0.1) is 5.41 Å². The molecule has 1 aromatic rings. The quantitative estimate of drug-likeness (QED) is 0.608. The molecule has 6 nitrogen and oxygen atoms in total. The van der Waals surface area contributed by atoms with Crippen molar-refractivity contribution in [3.63, 3.8) is 0 Å². The number of rotatable bonds is 7. The number of methoxy groups -OCH3 is 1.